The molecule has 0 unspecified atom stereocenters. The third-order valence-corrected chi connectivity index (χ3v) is 7.21. The van der Waals surface area contributed by atoms with Crippen molar-refractivity contribution < 1.29 is 13.2 Å². The summed E-state index contributed by atoms with van der Waals surface area (Å²) in [5.41, 5.74) is 2.09. The molecule has 3 aromatic carbocycles. The molecule has 0 aliphatic heterocycles. The number of pyridine rings is 1. The second-order valence-electron chi connectivity index (χ2n) is 7.48. The van der Waals surface area contributed by atoms with Gasteiger partial charge in [-0.15, -0.1) is 0 Å². The fourth-order valence-corrected chi connectivity index (χ4v) is 5.21. The number of carbonyl (C=O) groups excluding carboxylic acids is 1. The number of anilines is 1. The third kappa shape index (κ3) is 5.44. The average molecular weight is 492 g/mol. The molecule has 6 nitrogen and oxygen atoms in total. The van der Waals surface area contributed by atoms with Crippen LogP contribution < -0.4 is 9.62 Å². The molecule has 34 heavy (non-hydrogen) atoms. The van der Waals surface area contributed by atoms with Gasteiger partial charge in [-0.05, 0) is 48.0 Å². The zero-order chi connectivity index (χ0) is 24.0. The lowest BCUT2D eigenvalue weighted by molar-refractivity contribution is 0.0950. The van der Waals surface area contributed by atoms with Crippen molar-refractivity contribution in [3.63, 3.8) is 0 Å². The minimum atomic E-state index is -4.04. The van der Waals surface area contributed by atoms with E-state index in [9.17, 15) is 13.2 Å². The lowest BCUT2D eigenvalue weighted by atomic mass is 10.2. The lowest BCUT2D eigenvalue weighted by Crippen LogP contribution is -2.31. The molecule has 0 spiro atoms. The minimum Gasteiger partial charge on any atom is -0.346 e. The number of hydrogen-bond acceptors (Lipinski definition) is 4. The summed E-state index contributed by atoms with van der Waals surface area (Å²) in [4.78, 5) is 16.9. The second kappa shape index (κ2) is 10.5. The number of halogens is 1. The van der Waals surface area contributed by atoms with E-state index in [1.807, 2.05) is 36.4 Å². The van der Waals surface area contributed by atoms with Crippen LogP contribution >= 0.6 is 11.6 Å². The molecule has 1 heterocycles. The van der Waals surface area contributed by atoms with Gasteiger partial charge in [0.1, 0.15) is 0 Å². The number of benzene rings is 3. The van der Waals surface area contributed by atoms with Crippen LogP contribution in [0.2, 0.25) is 5.02 Å². The highest BCUT2D eigenvalue weighted by Crippen LogP contribution is 2.32. The Kier molecular flexibility index (Phi) is 7.25. The monoisotopic (exact) mass is 491 g/mol. The number of nitrogens with zero attached hydrogens (tertiary/aromatic N) is 2. The molecule has 0 fully saturated rings. The predicted octanol–water partition coefficient (Wildman–Crippen LogP) is 5.06. The van der Waals surface area contributed by atoms with Crippen LogP contribution in [0.15, 0.2) is 108 Å². The van der Waals surface area contributed by atoms with Crippen LogP contribution in [0.5, 0.6) is 0 Å². The Hall–Kier alpha value is -3.68. The Morgan fingerprint density at radius 1 is 0.882 bits per heavy atom. The molecule has 1 amide bonds. The molecule has 0 saturated heterocycles. The summed E-state index contributed by atoms with van der Waals surface area (Å²) in [6, 6.07) is 27.4. The van der Waals surface area contributed by atoms with Crippen molar-refractivity contribution in [1.29, 1.82) is 0 Å². The van der Waals surface area contributed by atoms with E-state index >= 15 is 0 Å². The van der Waals surface area contributed by atoms with E-state index < -0.39 is 15.9 Å². The molecule has 1 aromatic heterocycles. The first kappa shape index (κ1) is 23.5. The molecule has 172 valence electrons. The van der Waals surface area contributed by atoms with Gasteiger partial charge >= 0.3 is 0 Å². The molecule has 8 heteroatoms. The first-order valence-corrected chi connectivity index (χ1v) is 12.4. The molecule has 1 N–H and O–H groups in total. The molecule has 0 bridgehead atoms. The Balaban J connectivity index is 1.65. The van der Waals surface area contributed by atoms with Gasteiger partial charge in [-0.2, -0.15) is 0 Å². The quantitative estimate of drug-likeness (QED) is 0.373. The Morgan fingerprint density at radius 3 is 2.35 bits per heavy atom. The fraction of sp³-hybridized carbons (Fsp3) is 0.0769. The van der Waals surface area contributed by atoms with Crippen LogP contribution in [0.25, 0.3) is 0 Å². The van der Waals surface area contributed by atoms with Crippen molar-refractivity contribution >= 4 is 33.2 Å². The van der Waals surface area contributed by atoms with E-state index in [-0.39, 0.29) is 23.5 Å². The normalized spacial score (nSPS) is 11.1. The van der Waals surface area contributed by atoms with Gasteiger partial charge in [0.2, 0.25) is 0 Å². The zero-order valence-corrected chi connectivity index (χ0v) is 19.7. The van der Waals surface area contributed by atoms with Crippen molar-refractivity contribution in [2.24, 2.45) is 0 Å². The van der Waals surface area contributed by atoms with E-state index in [2.05, 4.69) is 10.3 Å². The highest BCUT2D eigenvalue weighted by molar-refractivity contribution is 7.92. The summed E-state index contributed by atoms with van der Waals surface area (Å²) in [7, 11) is -4.04. The van der Waals surface area contributed by atoms with Crippen LogP contribution in [0.4, 0.5) is 5.69 Å². The number of aromatic nitrogens is 1. The highest BCUT2D eigenvalue weighted by atomic mass is 35.5. The number of hydrogen-bond donors (Lipinski definition) is 1. The molecular weight excluding hydrogens is 470 g/mol. The lowest BCUT2D eigenvalue weighted by Gasteiger charge is -2.26. The predicted molar refractivity (Wildman–Crippen MR) is 133 cm³/mol. The van der Waals surface area contributed by atoms with Crippen molar-refractivity contribution in [3.05, 3.63) is 125 Å². The van der Waals surface area contributed by atoms with Gasteiger partial charge in [0, 0.05) is 11.8 Å². The smallest absolute Gasteiger partial charge is 0.264 e. The Morgan fingerprint density at radius 2 is 1.62 bits per heavy atom. The first-order valence-electron chi connectivity index (χ1n) is 10.5. The van der Waals surface area contributed by atoms with Crippen LogP contribution in [0, 0.1) is 0 Å². The summed E-state index contributed by atoms with van der Waals surface area (Å²) < 4.78 is 28.8. The van der Waals surface area contributed by atoms with Gasteiger partial charge in [0.15, 0.2) is 0 Å². The highest BCUT2D eigenvalue weighted by Gasteiger charge is 2.27. The molecule has 0 aliphatic rings. The number of amides is 1. The molecule has 0 saturated carbocycles. The third-order valence-electron chi connectivity index (χ3n) is 5.13. The van der Waals surface area contributed by atoms with Gasteiger partial charge in [-0.3, -0.25) is 14.1 Å². The van der Waals surface area contributed by atoms with Gasteiger partial charge in [0.25, 0.3) is 15.9 Å². The first-order chi connectivity index (χ1) is 16.4. The maximum absolute atomic E-state index is 13.8. The summed E-state index contributed by atoms with van der Waals surface area (Å²) in [5, 5.41) is 3.08. The van der Waals surface area contributed by atoms with Gasteiger partial charge in [-0.25, -0.2) is 8.42 Å². The second-order valence-corrected chi connectivity index (χ2v) is 9.75. The van der Waals surface area contributed by atoms with Crippen LogP contribution in [0.1, 0.15) is 21.6 Å². The van der Waals surface area contributed by atoms with Crippen molar-refractivity contribution in [2.45, 2.75) is 18.0 Å². The van der Waals surface area contributed by atoms with Crippen molar-refractivity contribution in [3.8, 4) is 0 Å². The number of sulfonamides is 1. The van der Waals surface area contributed by atoms with Crippen LogP contribution in [0.3, 0.4) is 0 Å². The van der Waals surface area contributed by atoms with Gasteiger partial charge in [-0.1, -0.05) is 66.2 Å². The van der Waals surface area contributed by atoms with E-state index in [1.54, 1.807) is 54.7 Å². The van der Waals surface area contributed by atoms with Crippen LogP contribution in [-0.2, 0) is 23.1 Å². The van der Waals surface area contributed by atoms with Crippen molar-refractivity contribution in [1.82, 2.24) is 10.3 Å². The number of rotatable bonds is 8. The number of carbonyl (C=O) groups is 1. The maximum atomic E-state index is 13.8. The topological polar surface area (TPSA) is 79.4 Å². The average Bonchev–Trinajstić information content (AvgIpc) is 2.87. The van der Waals surface area contributed by atoms with Gasteiger partial charge in [0.05, 0.1) is 34.4 Å². The number of nitrogens with one attached hydrogen (secondary N) is 1. The SMILES string of the molecule is O=C(NCc1ccccn1)c1cccc(S(=O)(=O)N(Cc2ccccc2)c2ccccc2Cl)c1. The van der Waals surface area contributed by atoms with Crippen molar-refractivity contribution in [2.75, 3.05) is 4.31 Å². The molecular formula is C26H22ClN3O3S. The number of para-hydroxylation sites is 1. The van der Waals surface area contributed by atoms with Crippen LogP contribution in [-0.4, -0.2) is 19.3 Å². The van der Waals surface area contributed by atoms with E-state index in [1.165, 1.54) is 16.4 Å². The van der Waals surface area contributed by atoms with E-state index in [4.69, 9.17) is 11.6 Å². The molecule has 0 atom stereocenters. The summed E-state index contributed by atoms with van der Waals surface area (Å²) >= 11 is 6.38. The van der Waals surface area contributed by atoms with Gasteiger partial charge < -0.3 is 5.32 Å². The summed E-state index contributed by atoms with van der Waals surface area (Å²) in [5.74, 6) is -0.393. The zero-order valence-electron chi connectivity index (χ0n) is 18.1. The maximum Gasteiger partial charge on any atom is 0.264 e. The Bertz CT molecular complexity index is 1380. The Labute approximate surface area is 203 Å². The van der Waals surface area contributed by atoms with E-state index in [0.717, 1.165) is 5.56 Å². The summed E-state index contributed by atoms with van der Waals surface area (Å²) in [6.45, 7) is 0.319. The molecule has 4 rings (SSSR count). The largest absolute Gasteiger partial charge is 0.346 e. The summed E-state index contributed by atoms with van der Waals surface area (Å²) in [6.07, 6.45) is 1.64. The molecule has 0 radical (unpaired) electrons. The fourth-order valence-electron chi connectivity index (χ4n) is 3.40. The standard InChI is InChI=1S/C26H22ClN3O3S/c27-24-14-4-5-15-25(24)30(19-20-9-2-1-3-10-20)34(32,33)23-13-8-11-21(17-23)26(31)29-18-22-12-6-7-16-28-22/h1-17H,18-19H2,(H,29,31). The molecule has 4 aromatic rings. The molecule has 0 aliphatic carbocycles. The van der Waals surface area contributed by atoms with E-state index in [0.29, 0.717) is 16.4 Å². The minimum absolute atomic E-state index is 0.00571.